The lowest BCUT2D eigenvalue weighted by atomic mass is 10.1. The second kappa shape index (κ2) is 8.04. The van der Waals surface area contributed by atoms with Crippen molar-refractivity contribution in [2.75, 3.05) is 33.7 Å². The minimum Gasteiger partial charge on any atom is -0.314 e. The molecule has 0 saturated carbocycles. The van der Waals surface area contributed by atoms with E-state index in [1.165, 1.54) is 51.7 Å². The summed E-state index contributed by atoms with van der Waals surface area (Å²) in [5, 5.41) is 7.18. The fourth-order valence-corrected chi connectivity index (χ4v) is 2.37. The van der Waals surface area contributed by atoms with E-state index in [2.05, 4.69) is 36.6 Å². The predicted molar refractivity (Wildman–Crippen MR) is 70.9 cm³/mol. The Morgan fingerprint density at radius 2 is 2.19 bits per heavy atom. The molecule has 3 nitrogen and oxygen atoms in total. The van der Waals surface area contributed by atoms with Crippen molar-refractivity contribution in [2.24, 2.45) is 0 Å². The fraction of sp³-hybridized carbons (Fsp3) is 1.00. The summed E-state index contributed by atoms with van der Waals surface area (Å²) in [6.45, 7) is 5.91. The van der Waals surface area contributed by atoms with E-state index < -0.39 is 0 Å². The number of nitrogens with zero attached hydrogens (tertiary/aromatic N) is 1. The van der Waals surface area contributed by atoms with E-state index in [9.17, 15) is 0 Å². The van der Waals surface area contributed by atoms with Crippen LogP contribution in [0.25, 0.3) is 0 Å². The van der Waals surface area contributed by atoms with Gasteiger partial charge in [-0.05, 0) is 72.8 Å². The first-order valence-corrected chi connectivity index (χ1v) is 6.80. The van der Waals surface area contributed by atoms with Crippen LogP contribution in [0.4, 0.5) is 0 Å². The van der Waals surface area contributed by atoms with Crippen LogP contribution in [-0.2, 0) is 0 Å². The Hall–Kier alpha value is -0.120. The quantitative estimate of drug-likeness (QED) is 0.615. The Labute approximate surface area is 101 Å². The smallest absolute Gasteiger partial charge is 0.00822 e. The minimum atomic E-state index is 0.662. The van der Waals surface area contributed by atoms with Crippen molar-refractivity contribution in [3.8, 4) is 0 Å². The molecule has 1 fully saturated rings. The third-order valence-electron chi connectivity index (χ3n) is 3.33. The maximum Gasteiger partial charge on any atom is 0.00822 e. The van der Waals surface area contributed by atoms with Crippen molar-refractivity contribution >= 4 is 0 Å². The molecule has 0 aromatic rings. The van der Waals surface area contributed by atoms with E-state index in [0.29, 0.717) is 6.04 Å². The third kappa shape index (κ3) is 6.46. The number of unbranched alkanes of at least 4 members (excludes halogenated alkanes) is 1. The number of rotatable bonds is 8. The second-order valence-corrected chi connectivity index (χ2v) is 5.39. The predicted octanol–water partition coefficient (Wildman–Crippen LogP) is 1.45. The summed E-state index contributed by atoms with van der Waals surface area (Å²) < 4.78 is 0. The monoisotopic (exact) mass is 227 g/mol. The molecule has 1 saturated heterocycles. The van der Waals surface area contributed by atoms with Crippen molar-refractivity contribution in [3.05, 3.63) is 0 Å². The summed E-state index contributed by atoms with van der Waals surface area (Å²) >= 11 is 0. The first kappa shape index (κ1) is 13.9. The van der Waals surface area contributed by atoms with E-state index in [0.717, 1.165) is 6.04 Å². The van der Waals surface area contributed by atoms with Crippen LogP contribution in [0.1, 0.15) is 39.0 Å². The Morgan fingerprint density at radius 3 is 2.81 bits per heavy atom. The Kier molecular flexibility index (Phi) is 7.01. The normalized spacial score (nSPS) is 22.9. The molecule has 2 N–H and O–H groups in total. The van der Waals surface area contributed by atoms with Crippen molar-refractivity contribution in [2.45, 2.75) is 51.1 Å². The van der Waals surface area contributed by atoms with Crippen molar-refractivity contribution < 1.29 is 0 Å². The first-order valence-electron chi connectivity index (χ1n) is 6.80. The van der Waals surface area contributed by atoms with Crippen LogP contribution in [0.2, 0.25) is 0 Å². The van der Waals surface area contributed by atoms with Crippen LogP contribution in [-0.4, -0.2) is 50.7 Å². The summed E-state index contributed by atoms with van der Waals surface area (Å²) in [5.74, 6) is 0. The maximum atomic E-state index is 3.62. The summed E-state index contributed by atoms with van der Waals surface area (Å²) in [4.78, 5) is 2.26. The summed E-state index contributed by atoms with van der Waals surface area (Å²) in [5.41, 5.74) is 0. The maximum absolute atomic E-state index is 3.62. The van der Waals surface area contributed by atoms with Crippen LogP contribution < -0.4 is 10.6 Å². The van der Waals surface area contributed by atoms with Gasteiger partial charge >= 0.3 is 0 Å². The molecular weight excluding hydrogens is 198 g/mol. The van der Waals surface area contributed by atoms with Gasteiger partial charge in [0.25, 0.3) is 0 Å². The molecule has 2 unspecified atom stereocenters. The van der Waals surface area contributed by atoms with Gasteiger partial charge in [-0.15, -0.1) is 0 Å². The van der Waals surface area contributed by atoms with E-state index in [1.807, 2.05) is 0 Å². The van der Waals surface area contributed by atoms with Gasteiger partial charge in [-0.25, -0.2) is 0 Å². The van der Waals surface area contributed by atoms with Gasteiger partial charge in [0.05, 0.1) is 0 Å². The zero-order chi connectivity index (χ0) is 11.8. The standard InChI is InChI=1S/C13H29N3/c1-12(11-13-7-6-9-15-13)14-8-4-5-10-16(2)3/h12-15H,4-11H2,1-3H3. The minimum absolute atomic E-state index is 0.662. The highest BCUT2D eigenvalue weighted by Crippen LogP contribution is 2.10. The van der Waals surface area contributed by atoms with E-state index >= 15 is 0 Å². The van der Waals surface area contributed by atoms with Gasteiger partial charge in [-0.1, -0.05) is 0 Å². The molecular formula is C13H29N3. The molecule has 0 aliphatic carbocycles. The molecule has 3 heteroatoms. The average Bonchev–Trinajstić information content (AvgIpc) is 2.69. The molecule has 0 bridgehead atoms. The van der Waals surface area contributed by atoms with Gasteiger partial charge in [0, 0.05) is 12.1 Å². The molecule has 16 heavy (non-hydrogen) atoms. The van der Waals surface area contributed by atoms with Crippen molar-refractivity contribution in [1.82, 2.24) is 15.5 Å². The van der Waals surface area contributed by atoms with Gasteiger partial charge in [0.2, 0.25) is 0 Å². The molecule has 2 atom stereocenters. The number of nitrogens with one attached hydrogen (secondary N) is 2. The van der Waals surface area contributed by atoms with Gasteiger partial charge in [0.15, 0.2) is 0 Å². The van der Waals surface area contributed by atoms with Gasteiger partial charge < -0.3 is 15.5 Å². The molecule has 0 aromatic heterocycles. The van der Waals surface area contributed by atoms with Crippen LogP contribution in [0.3, 0.4) is 0 Å². The summed E-state index contributed by atoms with van der Waals surface area (Å²) in [6.07, 6.45) is 6.61. The molecule has 0 radical (unpaired) electrons. The van der Waals surface area contributed by atoms with Crippen molar-refractivity contribution in [1.29, 1.82) is 0 Å². The molecule has 1 aliphatic rings. The fourth-order valence-electron chi connectivity index (χ4n) is 2.37. The topological polar surface area (TPSA) is 27.3 Å². The van der Waals surface area contributed by atoms with E-state index in [4.69, 9.17) is 0 Å². The van der Waals surface area contributed by atoms with Crippen LogP contribution in [0.15, 0.2) is 0 Å². The lowest BCUT2D eigenvalue weighted by Gasteiger charge is -2.18. The number of hydrogen-bond acceptors (Lipinski definition) is 3. The lowest BCUT2D eigenvalue weighted by molar-refractivity contribution is 0.382. The van der Waals surface area contributed by atoms with Crippen molar-refractivity contribution in [3.63, 3.8) is 0 Å². The van der Waals surface area contributed by atoms with Crippen LogP contribution in [0.5, 0.6) is 0 Å². The Morgan fingerprint density at radius 1 is 1.38 bits per heavy atom. The molecule has 0 spiro atoms. The van der Waals surface area contributed by atoms with Crippen LogP contribution in [0, 0.1) is 0 Å². The Bertz CT molecular complexity index is 165. The van der Waals surface area contributed by atoms with E-state index in [-0.39, 0.29) is 0 Å². The molecule has 0 aromatic carbocycles. The van der Waals surface area contributed by atoms with Gasteiger partial charge in [-0.3, -0.25) is 0 Å². The molecule has 1 heterocycles. The first-order chi connectivity index (χ1) is 7.68. The highest BCUT2D eigenvalue weighted by Gasteiger charge is 2.16. The second-order valence-electron chi connectivity index (χ2n) is 5.39. The largest absolute Gasteiger partial charge is 0.314 e. The zero-order valence-electron chi connectivity index (χ0n) is 11.3. The van der Waals surface area contributed by atoms with Gasteiger partial charge in [-0.2, -0.15) is 0 Å². The van der Waals surface area contributed by atoms with Gasteiger partial charge in [0.1, 0.15) is 0 Å². The summed E-state index contributed by atoms with van der Waals surface area (Å²) in [6, 6.07) is 1.43. The molecule has 1 rings (SSSR count). The highest BCUT2D eigenvalue weighted by atomic mass is 15.0. The molecule has 1 aliphatic heterocycles. The van der Waals surface area contributed by atoms with Crippen LogP contribution >= 0.6 is 0 Å². The molecule has 96 valence electrons. The van der Waals surface area contributed by atoms with E-state index in [1.54, 1.807) is 0 Å². The lowest BCUT2D eigenvalue weighted by Crippen LogP contribution is -2.34. The number of hydrogen-bond donors (Lipinski definition) is 2. The highest BCUT2D eigenvalue weighted by molar-refractivity contribution is 4.78. The summed E-state index contributed by atoms with van der Waals surface area (Å²) in [7, 11) is 4.28. The molecule has 0 amide bonds. The average molecular weight is 227 g/mol. The SMILES string of the molecule is CC(CC1CCCN1)NCCCCN(C)C. The Balaban J connectivity index is 1.91. The third-order valence-corrected chi connectivity index (χ3v) is 3.33. The zero-order valence-corrected chi connectivity index (χ0v) is 11.3.